The van der Waals surface area contributed by atoms with Crippen molar-refractivity contribution in [1.82, 2.24) is 9.80 Å². The van der Waals surface area contributed by atoms with Crippen molar-refractivity contribution in [3.05, 3.63) is 40.4 Å². The third kappa shape index (κ3) is 4.22. The maximum atomic E-state index is 12.9. The molecule has 134 valence electrons. The van der Waals surface area contributed by atoms with E-state index in [-0.39, 0.29) is 17.9 Å². The highest BCUT2D eigenvalue weighted by Gasteiger charge is 2.37. The summed E-state index contributed by atoms with van der Waals surface area (Å²) in [6.45, 7) is 4.79. The molecule has 3 rings (SSSR count). The van der Waals surface area contributed by atoms with Crippen LogP contribution in [0.3, 0.4) is 0 Å². The summed E-state index contributed by atoms with van der Waals surface area (Å²) in [5.74, 6) is -0.0208. The number of nitrogens with zero attached hydrogens (tertiary/aromatic N) is 2. The molecular formula is C19H23ClN2O3. The zero-order valence-corrected chi connectivity index (χ0v) is 15.2. The van der Waals surface area contributed by atoms with E-state index in [0.29, 0.717) is 43.4 Å². The molecule has 0 aliphatic carbocycles. The van der Waals surface area contributed by atoms with Gasteiger partial charge in [0, 0.05) is 30.2 Å². The molecule has 2 saturated heterocycles. The van der Waals surface area contributed by atoms with Gasteiger partial charge in [-0.1, -0.05) is 23.7 Å². The van der Waals surface area contributed by atoms with Gasteiger partial charge in [0.25, 0.3) is 0 Å². The lowest BCUT2D eigenvalue weighted by Crippen LogP contribution is -2.51. The second-order valence-corrected chi connectivity index (χ2v) is 6.91. The summed E-state index contributed by atoms with van der Waals surface area (Å²) in [5, 5.41) is 0.664. The van der Waals surface area contributed by atoms with Gasteiger partial charge in [-0.3, -0.25) is 9.59 Å². The Morgan fingerprint density at radius 3 is 2.52 bits per heavy atom. The van der Waals surface area contributed by atoms with E-state index in [0.717, 1.165) is 18.4 Å². The number of rotatable bonds is 3. The number of ether oxygens (including phenoxy) is 1. The summed E-state index contributed by atoms with van der Waals surface area (Å²) >= 11 is 5.90. The quantitative estimate of drug-likeness (QED) is 0.776. The molecule has 2 aliphatic rings. The van der Waals surface area contributed by atoms with E-state index >= 15 is 0 Å². The van der Waals surface area contributed by atoms with Gasteiger partial charge in [-0.2, -0.15) is 0 Å². The average molecular weight is 363 g/mol. The molecule has 2 aliphatic heterocycles. The minimum Gasteiger partial charge on any atom is -0.378 e. The Hall–Kier alpha value is -1.85. The van der Waals surface area contributed by atoms with Crippen LogP contribution in [0.15, 0.2) is 29.8 Å². The number of morpholine rings is 1. The maximum Gasteiger partial charge on any atom is 0.250 e. The Bertz CT molecular complexity index is 666. The lowest BCUT2D eigenvalue weighted by molar-refractivity contribution is -0.144. The Balaban J connectivity index is 1.71. The Labute approximate surface area is 153 Å². The molecule has 25 heavy (non-hydrogen) atoms. The van der Waals surface area contributed by atoms with E-state index in [9.17, 15) is 9.59 Å². The first-order valence-corrected chi connectivity index (χ1v) is 9.05. The zero-order valence-electron chi connectivity index (χ0n) is 14.4. The summed E-state index contributed by atoms with van der Waals surface area (Å²) in [5.41, 5.74) is 1.55. The van der Waals surface area contributed by atoms with Gasteiger partial charge in [-0.25, -0.2) is 0 Å². The van der Waals surface area contributed by atoms with Crippen LogP contribution in [0.5, 0.6) is 0 Å². The van der Waals surface area contributed by atoms with Crippen LogP contribution in [0.25, 0.3) is 6.08 Å². The number of carbonyl (C=O) groups excluding carboxylic acids is 2. The number of carbonyl (C=O) groups is 2. The summed E-state index contributed by atoms with van der Waals surface area (Å²) in [4.78, 5) is 29.2. The molecule has 1 aromatic carbocycles. The first-order chi connectivity index (χ1) is 12.1. The van der Waals surface area contributed by atoms with Gasteiger partial charge < -0.3 is 14.5 Å². The molecule has 0 N–H and O–H groups in total. The highest BCUT2D eigenvalue weighted by atomic mass is 35.5. The van der Waals surface area contributed by atoms with Crippen LogP contribution in [0, 0.1) is 0 Å². The number of halogens is 1. The second-order valence-electron chi connectivity index (χ2n) is 6.47. The van der Waals surface area contributed by atoms with Crippen molar-refractivity contribution < 1.29 is 14.3 Å². The van der Waals surface area contributed by atoms with Crippen molar-refractivity contribution in [1.29, 1.82) is 0 Å². The fourth-order valence-electron chi connectivity index (χ4n) is 3.36. The number of hydrogen-bond acceptors (Lipinski definition) is 3. The standard InChI is InChI=1S/C19H23ClN2O3/c1-14(13-15-4-6-16(20)7-5-15)18(23)22-8-2-3-17(22)19(24)21-9-11-25-12-10-21/h4-7,13,17H,2-3,8-12H2,1H3/b14-13+/t17-/m1/s1. The Morgan fingerprint density at radius 1 is 1.16 bits per heavy atom. The predicted octanol–water partition coefficient (Wildman–Crippen LogP) is 2.59. The van der Waals surface area contributed by atoms with Gasteiger partial charge >= 0.3 is 0 Å². The van der Waals surface area contributed by atoms with E-state index < -0.39 is 0 Å². The van der Waals surface area contributed by atoms with E-state index in [2.05, 4.69) is 0 Å². The van der Waals surface area contributed by atoms with Gasteiger partial charge in [0.15, 0.2) is 0 Å². The molecule has 0 bridgehead atoms. The first kappa shape index (κ1) is 18.0. The van der Waals surface area contributed by atoms with Gasteiger partial charge in [0.1, 0.15) is 6.04 Å². The predicted molar refractivity (Wildman–Crippen MR) is 97.2 cm³/mol. The third-order valence-corrected chi connectivity index (χ3v) is 4.96. The third-order valence-electron chi connectivity index (χ3n) is 4.71. The van der Waals surface area contributed by atoms with Crippen molar-refractivity contribution >= 4 is 29.5 Å². The van der Waals surface area contributed by atoms with Crippen LogP contribution in [-0.2, 0) is 14.3 Å². The Kier molecular flexibility index (Phi) is 5.76. The summed E-state index contributed by atoms with van der Waals surface area (Å²) in [7, 11) is 0. The highest BCUT2D eigenvalue weighted by Crippen LogP contribution is 2.23. The summed E-state index contributed by atoms with van der Waals surface area (Å²) < 4.78 is 5.31. The smallest absolute Gasteiger partial charge is 0.250 e. The molecule has 5 nitrogen and oxygen atoms in total. The molecule has 1 atom stereocenters. The second kappa shape index (κ2) is 8.02. The SMILES string of the molecule is C/C(=C\c1ccc(Cl)cc1)C(=O)N1CCC[C@@H]1C(=O)N1CCOCC1. The Morgan fingerprint density at radius 2 is 1.84 bits per heavy atom. The minimum atomic E-state index is -0.348. The molecule has 2 fully saturated rings. The normalized spacial score (nSPS) is 21.5. The maximum absolute atomic E-state index is 12.9. The van der Waals surface area contributed by atoms with E-state index in [1.54, 1.807) is 24.0 Å². The number of hydrogen-bond donors (Lipinski definition) is 0. The van der Waals surface area contributed by atoms with Crippen LogP contribution in [-0.4, -0.2) is 60.5 Å². The molecule has 0 unspecified atom stereocenters. The minimum absolute atomic E-state index is 0.0495. The molecule has 0 saturated carbocycles. The van der Waals surface area contributed by atoms with Gasteiger partial charge in [-0.05, 0) is 43.5 Å². The molecule has 0 spiro atoms. The zero-order chi connectivity index (χ0) is 17.8. The van der Waals surface area contributed by atoms with Crippen LogP contribution < -0.4 is 0 Å². The number of benzene rings is 1. The number of amides is 2. The summed E-state index contributed by atoms with van der Waals surface area (Å²) in [6.07, 6.45) is 3.43. The van der Waals surface area contributed by atoms with Gasteiger partial charge in [-0.15, -0.1) is 0 Å². The fraction of sp³-hybridized carbons (Fsp3) is 0.474. The van der Waals surface area contributed by atoms with E-state index in [4.69, 9.17) is 16.3 Å². The van der Waals surface area contributed by atoms with E-state index in [1.807, 2.05) is 23.1 Å². The van der Waals surface area contributed by atoms with Crippen LogP contribution in [0.4, 0.5) is 0 Å². The first-order valence-electron chi connectivity index (χ1n) is 8.67. The highest BCUT2D eigenvalue weighted by molar-refractivity contribution is 6.30. The topological polar surface area (TPSA) is 49.9 Å². The van der Waals surface area contributed by atoms with Gasteiger partial charge in [0.2, 0.25) is 11.8 Å². The van der Waals surface area contributed by atoms with Crippen molar-refractivity contribution in [2.75, 3.05) is 32.8 Å². The fourth-order valence-corrected chi connectivity index (χ4v) is 3.48. The molecule has 2 heterocycles. The lowest BCUT2D eigenvalue weighted by Gasteiger charge is -2.32. The largest absolute Gasteiger partial charge is 0.378 e. The van der Waals surface area contributed by atoms with Crippen molar-refractivity contribution in [3.8, 4) is 0 Å². The van der Waals surface area contributed by atoms with Crippen LogP contribution >= 0.6 is 11.6 Å². The average Bonchev–Trinajstić information content (AvgIpc) is 3.12. The lowest BCUT2D eigenvalue weighted by atomic mass is 10.1. The van der Waals surface area contributed by atoms with Crippen molar-refractivity contribution in [2.24, 2.45) is 0 Å². The number of likely N-dealkylation sites (tertiary alicyclic amines) is 1. The molecule has 2 amide bonds. The van der Waals surface area contributed by atoms with Gasteiger partial charge in [0.05, 0.1) is 13.2 Å². The monoisotopic (exact) mass is 362 g/mol. The molecular weight excluding hydrogens is 340 g/mol. The van der Waals surface area contributed by atoms with E-state index in [1.165, 1.54) is 0 Å². The van der Waals surface area contributed by atoms with Crippen LogP contribution in [0.2, 0.25) is 5.02 Å². The van der Waals surface area contributed by atoms with Crippen LogP contribution in [0.1, 0.15) is 25.3 Å². The molecule has 1 aromatic rings. The molecule has 6 heteroatoms. The molecule has 0 radical (unpaired) electrons. The van der Waals surface area contributed by atoms with Crippen molar-refractivity contribution in [3.63, 3.8) is 0 Å². The molecule has 0 aromatic heterocycles. The van der Waals surface area contributed by atoms with Crippen molar-refractivity contribution in [2.45, 2.75) is 25.8 Å². The summed E-state index contributed by atoms with van der Waals surface area (Å²) in [6, 6.07) is 7.00.